The standard InChI is InChI=1S/C18H19FN6O/c1-25(15-6-10-2-3-14(22-10)18(15)19)17-5-4-13(23-24-17)12-9-21-11(8-20)7-16(12)26/h4-5,7,9-10,14-15,18,22H,2-3,6H2,1H3,(H,21,26)/t10?,14?,15-,18+/m0/s1. The van der Waals surface area contributed by atoms with Gasteiger partial charge in [-0.3, -0.25) is 4.79 Å². The van der Waals surface area contributed by atoms with Crippen LogP contribution in [0.4, 0.5) is 10.2 Å². The van der Waals surface area contributed by atoms with Gasteiger partial charge in [-0.1, -0.05) is 0 Å². The minimum atomic E-state index is -0.943. The number of rotatable bonds is 3. The first-order valence-electron chi connectivity index (χ1n) is 8.66. The van der Waals surface area contributed by atoms with E-state index in [2.05, 4.69) is 20.5 Å². The quantitative estimate of drug-likeness (QED) is 0.864. The van der Waals surface area contributed by atoms with Crippen molar-refractivity contribution in [2.75, 3.05) is 11.9 Å². The number of aromatic nitrogens is 3. The Balaban J connectivity index is 1.56. The fourth-order valence-corrected chi connectivity index (χ4v) is 3.91. The molecule has 4 rings (SSSR count). The zero-order valence-corrected chi connectivity index (χ0v) is 14.3. The Labute approximate surface area is 149 Å². The van der Waals surface area contributed by atoms with Gasteiger partial charge in [-0.25, -0.2) is 4.39 Å². The highest BCUT2D eigenvalue weighted by atomic mass is 19.1. The Morgan fingerprint density at radius 2 is 2.19 bits per heavy atom. The van der Waals surface area contributed by atoms with Crippen molar-refractivity contribution in [3.63, 3.8) is 0 Å². The molecule has 2 saturated heterocycles. The molecule has 0 saturated carbocycles. The van der Waals surface area contributed by atoms with Gasteiger partial charge >= 0.3 is 0 Å². The van der Waals surface area contributed by atoms with E-state index < -0.39 is 6.17 Å². The Kier molecular flexibility index (Phi) is 4.17. The second-order valence-corrected chi connectivity index (χ2v) is 6.92. The van der Waals surface area contributed by atoms with Gasteiger partial charge in [0.05, 0.1) is 17.3 Å². The van der Waals surface area contributed by atoms with Crippen LogP contribution in [0.5, 0.6) is 0 Å². The Bertz CT molecular complexity index is 905. The summed E-state index contributed by atoms with van der Waals surface area (Å²) in [5, 5.41) is 20.5. The molecule has 8 heteroatoms. The van der Waals surface area contributed by atoms with Crippen LogP contribution in [0.25, 0.3) is 11.3 Å². The van der Waals surface area contributed by atoms with Crippen molar-refractivity contribution in [2.24, 2.45) is 0 Å². The molecule has 2 aliphatic rings. The van der Waals surface area contributed by atoms with Gasteiger partial charge in [0.2, 0.25) is 0 Å². The van der Waals surface area contributed by atoms with Crippen LogP contribution in [0.1, 0.15) is 25.0 Å². The first-order chi connectivity index (χ1) is 12.6. The third-order valence-electron chi connectivity index (χ3n) is 5.37. The number of aromatic amines is 1. The normalized spacial score (nSPS) is 27.1. The molecule has 2 unspecified atom stereocenters. The van der Waals surface area contributed by atoms with Crippen molar-refractivity contribution in [1.82, 2.24) is 20.5 Å². The SMILES string of the molecule is CN(c1ccc(-c2c[nH]c(C#N)cc2=O)nn1)[C@H]1CC2CCC(N2)[C@H]1F. The molecule has 2 aromatic heterocycles. The summed E-state index contributed by atoms with van der Waals surface area (Å²) < 4.78 is 14.7. The van der Waals surface area contributed by atoms with Gasteiger partial charge in [-0.05, 0) is 31.4 Å². The van der Waals surface area contributed by atoms with Crippen LogP contribution in [0, 0.1) is 11.3 Å². The fraction of sp³-hybridized carbons (Fsp3) is 0.444. The summed E-state index contributed by atoms with van der Waals surface area (Å²) in [6.45, 7) is 0. The van der Waals surface area contributed by atoms with Gasteiger partial charge in [0.15, 0.2) is 11.2 Å². The predicted molar refractivity (Wildman–Crippen MR) is 94.5 cm³/mol. The highest BCUT2D eigenvalue weighted by Crippen LogP contribution is 2.33. The van der Waals surface area contributed by atoms with Crippen LogP contribution >= 0.6 is 0 Å². The van der Waals surface area contributed by atoms with E-state index in [-0.39, 0.29) is 23.2 Å². The van der Waals surface area contributed by atoms with E-state index in [1.165, 1.54) is 12.3 Å². The number of hydrogen-bond donors (Lipinski definition) is 2. The second kappa shape index (κ2) is 6.50. The topological polar surface area (TPSA) is 97.7 Å². The molecule has 2 bridgehead atoms. The number of nitriles is 1. The van der Waals surface area contributed by atoms with E-state index in [1.807, 2.05) is 18.0 Å². The molecule has 0 spiro atoms. The monoisotopic (exact) mass is 354 g/mol. The molecule has 2 aliphatic heterocycles. The molecule has 0 radical (unpaired) electrons. The summed E-state index contributed by atoms with van der Waals surface area (Å²) in [5.41, 5.74) is 0.649. The number of pyridine rings is 1. The largest absolute Gasteiger partial charge is 0.352 e. The Morgan fingerprint density at radius 1 is 1.35 bits per heavy atom. The van der Waals surface area contributed by atoms with Crippen molar-refractivity contribution >= 4 is 5.82 Å². The van der Waals surface area contributed by atoms with E-state index in [9.17, 15) is 9.18 Å². The van der Waals surface area contributed by atoms with E-state index in [0.717, 1.165) is 19.3 Å². The molecule has 0 aromatic carbocycles. The Morgan fingerprint density at radius 3 is 2.88 bits per heavy atom. The van der Waals surface area contributed by atoms with E-state index in [4.69, 9.17) is 5.26 Å². The lowest BCUT2D eigenvalue weighted by Gasteiger charge is -2.38. The van der Waals surface area contributed by atoms with Crippen molar-refractivity contribution in [3.05, 3.63) is 40.3 Å². The minimum Gasteiger partial charge on any atom is -0.352 e. The zero-order valence-electron chi connectivity index (χ0n) is 14.3. The van der Waals surface area contributed by atoms with Crippen molar-refractivity contribution in [2.45, 2.75) is 43.6 Å². The molecular weight excluding hydrogens is 335 g/mol. The number of hydrogen-bond acceptors (Lipinski definition) is 6. The van der Waals surface area contributed by atoms with Crippen LogP contribution in [0.15, 0.2) is 29.2 Å². The first kappa shape index (κ1) is 16.7. The molecule has 7 nitrogen and oxygen atoms in total. The maximum atomic E-state index is 14.7. The number of H-pyrrole nitrogens is 1. The van der Waals surface area contributed by atoms with Gasteiger partial charge in [-0.2, -0.15) is 5.26 Å². The maximum Gasteiger partial charge on any atom is 0.192 e. The average molecular weight is 354 g/mol. The zero-order chi connectivity index (χ0) is 18.3. The van der Waals surface area contributed by atoms with E-state index in [1.54, 1.807) is 12.1 Å². The summed E-state index contributed by atoms with van der Waals surface area (Å²) >= 11 is 0. The third kappa shape index (κ3) is 2.84. The van der Waals surface area contributed by atoms with Gasteiger partial charge in [-0.15, -0.1) is 10.2 Å². The van der Waals surface area contributed by atoms with Crippen LogP contribution in [-0.2, 0) is 0 Å². The molecule has 26 heavy (non-hydrogen) atoms. The van der Waals surface area contributed by atoms with E-state index in [0.29, 0.717) is 23.1 Å². The number of alkyl halides is 1. The number of fused-ring (bicyclic) bond motifs is 2. The summed E-state index contributed by atoms with van der Waals surface area (Å²) in [6.07, 6.45) is 3.15. The van der Waals surface area contributed by atoms with Gasteiger partial charge < -0.3 is 15.2 Å². The summed E-state index contributed by atoms with van der Waals surface area (Å²) in [4.78, 5) is 16.7. The summed E-state index contributed by atoms with van der Waals surface area (Å²) in [7, 11) is 1.83. The van der Waals surface area contributed by atoms with Crippen molar-refractivity contribution in [1.29, 1.82) is 5.26 Å². The smallest absolute Gasteiger partial charge is 0.192 e. The number of piperidine rings is 1. The molecular formula is C18H19FN6O. The second-order valence-electron chi connectivity index (χ2n) is 6.92. The third-order valence-corrected chi connectivity index (χ3v) is 5.37. The van der Waals surface area contributed by atoms with Gasteiger partial charge in [0.1, 0.15) is 17.9 Å². The lowest BCUT2D eigenvalue weighted by Crippen LogP contribution is -2.55. The number of nitrogens with one attached hydrogen (secondary N) is 2. The maximum absolute atomic E-state index is 14.7. The molecule has 4 atom stereocenters. The highest BCUT2D eigenvalue weighted by molar-refractivity contribution is 5.59. The average Bonchev–Trinajstić information content (AvgIpc) is 3.08. The van der Waals surface area contributed by atoms with Gasteiger partial charge in [0, 0.05) is 31.4 Å². The fourth-order valence-electron chi connectivity index (χ4n) is 3.91. The van der Waals surface area contributed by atoms with Crippen LogP contribution < -0.4 is 15.6 Å². The predicted octanol–water partition coefficient (Wildman–Crippen LogP) is 1.37. The van der Waals surface area contributed by atoms with Crippen LogP contribution in [-0.4, -0.2) is 46.5 Å². The molecule has 4 heterocycles. The lowest BCUT2D eigenvalue weighted by atomic mass is 9.96. The first-order valence-corrected chi connectivity index (χ1v) is 8.66. The number of halogens is 1. The molecule has 2 fully saturated rings. The van der Waals surface area contributed by atoms with Crippen molar-refractivity contribution < 1.29 is 4.39 Å². The molecule has 2 aromatic rings. The number of nitrogens with zero attached hydrogens (tertiary/aromatic N) is 4. The lowest BCUT2D eigenvalue weighted by molar-refractivity contribution is 0.176. The molecule has 0 amide bonds. The number of anilines is 1. The van der Waals surface area contributed by atoms with Crippen molar-refractivity contribution in [3.8, 4) is 17.3 Å². The molecule has 2 N–H and O–H groups in total. The molecule has 134 valence electrons. The van der Waals surface area contributed by atoms with Crippen LogP contribution in [0.3, 0.4) is 0 Å². The summed E-state index contributed by atoms with van der Waals surface area (Å²) in [6, 6.07) is 6.61. The Hall–Kier alpha value is -2.79. The summed E-state index contributed by atoms with van der Waals surface area (Å²) in [5.74, 6) is 0.577. The van der Waals surface area contributed by atoms with E-state index >= 15 is 0 Å². The molecule has 0 aliphatic carbocycles. The minimum absolute atomic E-state index is 0.0781. The highest BCUT2D eigenvalue weighted by Gasteiger charge is 2.43. The van der Waals surface area contributed by atoms with Gasteiger partial charge in [0.25, 0.3) is 0 Å². The van der Waals surface area contributed by atoms with Crippen LogP contribution in [0.2, 0.25) is 0 Å².